The van der Waals surface area contributed by atoms with Crippen molar-refractivity contribution in [2.75, 3.05) is 0 Å². The van der Waals surface area contributed by atoms with Gasteiger partial charge in [-0.3, -0.25) is 0 Å². The summed E-state index contributed by atoms with van der Waals surface area (Å²) < 4.78 is 0. The lowest BCUT2D eigenvalue weighted by Crippen LogP contribution is -1.94. The van der Waals surface area contributed by atoms with E-state index in [9.17, 15) is 9.90 Å². The molecule has 0 saturated carbocycles. The summed E-state index contributed by atoms with van der Waals surface area (Å²) in [6.07, 6.45) is 8.10. The maximum atomic E-state index is 10.8. The van der Waals surface area contributed by atoms with Crippen LogP contribution < -0.4 is 0 Å². The molecule has 0 saturated heterocycles. The van der Waals surface area contributed by atoms with Crippen molar-refractivity contribution in [1.29, 1.82) is 0 Å². The van der Waals surface area contributed by atoms with Gasteiger partial charge in [0, 0.05) is 6.08 Å². The number of allylic oxidation sites excluding steroid dienone is 4. The Bertz CT molecular complexity index is 626. The van der Waals surface area contributed by atoms with Gasteiger partial charge in [0.1, 0.15) is 5.75 Å². The molecule has 1 aromatic rings. The highest BCUT2D eigenvalue weighted by molar-refractivity contribution is 5.85. The summed E-state index contributed by atoms with van der Waals surface area (Å²) in [6.45, 7) is 8.03. The summed E-state index contributed by atoms with van der Waals surface area (Å²) >= 11 is 0. The number of benzene rings is 1. The molecule has 1 aromatic carbocycles. The third-order valence-corrected chi connectivity index (χ3v) is 3.21. The number of carboxylic acids is 1. The lowest BCUT2D eigenvalue weighted by Gasteiger charge is -2.10. The summed E-state index contributed by atoms with van der Waals surface area (Å²) in [5.41, 5.74) is 4.90. The molecule has 0 bridgehead atoms. The summed E-state index contributed by atoms with van der Waals surface area (Å²) in [4.78, 5) is 10.8. The van der Waals surface area contributed by atoms with Crippen LogP contribution in [0.5, 0.6) is 5.75 Å². The molecular weight excluding hydrogens is 276 g/mol. The largest absolute Gasteiger partial charge is 0.508 e. The average molecular weight is 300 g/mol. The molecule has 1 rings (SSSR count). The highest BCUT2D eigenvalue weighted by Gasteiger charge is 2.07. The van der Waals surface area contributed by atoms with E-state index in [2.05, 4.69) is 6.08 Å². The van der Waals surface area contributed by atoms with E-state index in [0.717, 1.165) is 22.8 Å². The minimum absolute atomic E-state index is 0.252. The molecule has 0 fully saturated rings. The zero-order valence-electron chi connectivity index (χ0n) is 13.7. The van der Waals surface area contributed by atoms with Crippen LogP contribution in [0, 0.1) is 0 Å². The quantitative estimate of drug-likeness (QED) is 0.600. The van der Waals surface area contributed by atoms with E-state index in [1.807, 2.05) is 39.8 Å². The number of hydrogen-bond acceptors (Lipinski definition) is 2. The third kappa shape index (κ3) is 6.00. The maximum Gasteiger partial charge on any atom is 0.328 e. The first-order valence-corrected chi connectivity index (χ1v) is 7.32. The number of carbonyl (C=O) groups is 1. The summed E-state index contributed by atoms with van der Waals surface area (Å²) in [7, 11) is 0. The van der Waals surface area contributed by atoms with Crippen molar-refractivity contribution in [2.45, 2.75) is 40.5 Å². The topological polar surface area (TPSA) is 57.5 Å². The fourth-order valence-electron chi connectivity index (χ4n) is 1.98. The molecule has 3 nitrogen and oxygen atoms in total. The SMILES string of the molecule is CC(C)=CCc1cc(/C=C/C(=O)O)c(CC=C(C)C)cc1O. The lowest BCUT2D eigenvalue weighted by molar-refractivity contribution is -0.131. The number of rotatable bonds is 6. The lowest BCUT2D eigenvalue weighted by atomic mass is 9.97. The van der Waals surface area contributed by atoms with Gasteiger partial charge in [-0.05, 0) is 75.4 Å². The molecule has 0 aliphatic heterocycles. The maximum absolute atomic E-state index is 10.8. The van der Waals surface area contributed by atoms with Crippen molar-refractivity contribution < 1.29 is 15.0 Å². The van der Waals surface area contributed by atoms with Crippen molar-refractivity contribution in [3.63, 3.8) is 0 Å². The molecule has 0 atom stereocenters. The molecule has 0 amide bonds. The normalized spacial score (nSPS) is 10.5. The molecule has 0 unspecified atom stereocenters. The van der Waals surface area contributed by atoms with E-state index in [4.69, 9.17) is 5.11 Å². The van der Waals surface area contributed by atoms with Gasteiger partial charge in [-0.1, -0.05) is 23.3 Å². The Hall–Kier alpha value is -2.29. The molecule has 0 spiro atoms. The van der Waals surface area contributed by atoms with Crippen LogP contribution >= 0.6 is 0 Å². The van der Waals surface area contributed by atoms with Crippen LogP contribution in [-0.2, 0) is 17.6 Å². The van der Waals surface area contributed by atoms with E-state index in [0.29, 0.717) is 12.8 Å². The van der Waals surface area contributed by atoms with Gasteiger partial charge in [0.15, 0.2) is 0 Å². The molecule has 0 aromatic heterocycles. The molecule has 118 valence electrons. The average Bonchev–Trinajstić information content (AvgIpc) is 2.42. The minimum Gasteiger partial charge on any atom is -0.508 e. The molecule has 0 heterocycles. The van der Waals surface area contributed by atoms with Gasteiger partial charge in [-0.15, -0.1) is 0 Å². The van der Waals surface area contributed by atoms with Crippen molar-refractivity contribution in [3.05, 3.63) is 58.2 Å². The Morgan fingerprint density at radius 2 is 1.55 bits per heavy atom. The van der Waals surface area contributed by atoms with Crippen LogP contribution in [0.2, 0.25) is 0 Å². The van der Waals surface area contributed by atoms with Crippen molar-refractivity contribution in [3.8, 4) is 5.75 Å². The molecule has 2 N–H and O–H groups in total. The fraction of sp³-hybridized carbons (Fsp3) is 0.316. The van der Waals surface area contributed by atoms with Gasteiger partial charge in [0.2, 0.25) is 0 Å². The number of phenols is 1. The van der Waals surface area contributed by atoms with E-state index < -0.39 is 5.97 Å². The van der Waals surface area contributed by atoms with Gasteiger partial charge < -0.3 is 10.2 Å². The fourth-order valence-corrected chi connectivity index (χ4v) is 1.98. The van der Waals surface area contributed by atoms with Crippen LogP contribution in [0.15, 0.2) is 41.5 Å². The van der Waals surface area contributed by atoms with Crippen LogP contribution in [0.4, 0.5) is 0 Å². The molecule has 0 radical (unpaired) electrons. The number of phenolic OH excluding ortho intramolecular Hbond substituents is 1. The zero-order chi connectivity index (χ0) is 16.7. The number of hydrogen-bond donors (Lipinski definition) is 2. The zero-order valence-corrected chi connectivity index (χ0v) is 13.7. The molecular formula is C19H24O3. The standard InChI is InChI=1S/C19H24O3/c1-13(2)5-7-16-12-18(20)17(8-6-14(3)4)11-15(16)9-10-19(21)22/h5-6,9-12,20H,7-8H2,1-4H3,(H,21,22)/b10-9+. The first-order chi connectivity index (χ1) is 10.3. The monoisotopic (exact) mass is 300 g/mol. The van der Waals surface area contributed by atoms with Gasteiger partial charge in [-0.2, -0.15) is 0 Å². The first kappa shape index (κ1) is 17.8. The Labute approximate surface area is 132 Å². The number of aliphatic carboxylic acids is 1. The molecule has 22 heavy (non-hydrogen) atoms. The second-order valence-corrected chi connectivity index (χ2v) is 5.82. The predicted molar refractivity (Wildman–Crippen MR) is 91.0 cm³/mol. The van der Waals surface area contributed by atoms with Crippen LogP contribution in [0.25, 0.3) is 6.08 Å². The Balaban J connectivity index is 3.25. The molecule has 0 aliphatic carbocycles. The second kappa shape index (κ2) is 8.23. The van der Waals surface area contributed by atoms with Gasteiger partial charge in [-0.25, -0.2) is 4.79 Å². The third-order valence-electron chi connectivity index (χ3n) is 3.21. The predicted octanol–water partition coefficient (Wildman–Crippen LogP) is 4.51. The summed E-state index contributed by atoms with van der Waals surface area (Å²) in [5.74, 6) is -0.728. The van der Waals surface area contributed by atoms with Crippen LogP contribution in [0.1, 0.15) is 44.4 Å². The Morgan fingerprint density at radius 1 is 1.00 bits per heavy atom. The number of carboxylic acid groups (broad SMARTS) is 1. The second-order valence-electron chi connectivity index (χ2n) is 5.82. The van der Waals surface area contributed by atoms with Crippen molar-refractivity contribution in [2.24, 2.45) is 0 Å². The van der Waals surface area contributed by atoms with Gasteiger partial charge in [0.05, 0.1) is 0 Å². The Kier molecular flexibility index (Phi) is 6.64. The molecule has 0 aliphatic rings. The Morgan fingerprint density at radius 3 is 2.05 bits per heavy atom. The van der Waals surface area contributed by atoms with Crippen LogP contribution in [0.3, 0.4) is 0 Å². The summed E-state index contributed by atoms with van der Waals surface area (Å²) in [6, 6.07) is 3.59. The van der Waals surface area contributed by atoms with E-state index in [-0.39, 0.29) is 5.75 Å². The van der Waals surface area contributed by atoms with E-state index in [1.54, 1.807) is 12.1 Å². The van der Waals surface area contributed by atoms with E-state index >= 15 is 0 Å². The van der Waals surface area contributed by atoms with Crippen molar-refractivity contribution >= 4 is 12.0 Å². The van der Waals surface area contributed by atoms with Crippen molar-refractivity contribution in [1.82, 2.24) is 0 Å². The highest BCUT2D eigenvalue weighted by atomic mass is 16.4. The highest BCUT2D eigenvalue weighted by Crippen LogP contribution is 2.26. The van der Waals surface area contributed by atoms with E-state index in [1.165, 1.54) is 11.1 Å². The first-order valence-electron chi connectivity index (χ1n) is 7.32. The number of aromatic hydroxyl groups is 1. The smallest absolute Gasteiger partial charge is 0.328 e. The van der Waals surface area contributed by atoms with Gasteiger partial charge >= 0.3 is 5.97 Å². The van der Waals surface area contributed by atoms with Gasteiger partial charge in [0.25, 0.3) is 0 Å². The summed E-state index contributed by atoms with van der Waals surface area (Å²) in [5, 5.41) is 19.0. The van der Waals surface area contributed by atoms with Crippen LogP contribution in [-0.4, -0.2) is 16.2 Å². The molecule has 3 heteroatoms. The minimum atomic E-state index is -0.980.